The first-order valence-corrected chi connectivity index (χ1v) is 13.1. The first-order chi connectivity index (χ1) is 17.3. The summed E-state index contributed by atoms with van der Waals surface area (Å²) in [4.78, 5) is 20.2. The van der Waals surface area contributed by atoms with Crippen LogP contribution in [0, 0.1) is 0 Å². The van der Waals surface area contributed by atoms with Crippen molar-refractivity contribution >= 4 is 49.6 Å². The summed E-state index contributed by atoms with van der Waals surface area (Å²) in [5, 5.41) is 2.92. The van der Waals surface area contributed by atoms with Crippen molar-refractivity contribution in [2.24, 2.45) is 0 Å². The summed E-state index contributed by atoms with van der Waals surface area (Å²) in [6, 6.07) is 40.2. The molecule has 0 aliphatic carbocycles. The summed E-state index contributed by atoms with van der Waals surface area (Å²) < 4.78 is 1.97. The van der Waals surface area contributed by atoms with Gasteiger partial charge in [-0.05, 0) is 53.9 Å². The monoisotopic (exact) mass is 468 g/mol. The third kappa shape index (κ3) is 2.39. The van der Waals surface area contributed by atoms with E-state index in [1.807, 2.05) is 28.8 Å². The Kier molecular flexibility index (Phi) is 3.75. The van der Waals surface area contributed by atoms with Gasteiger partial charge in [0.25, 0.3) is 5.56 Å². The van der Waals surface area contributed by atoms with Gasteiger partial charge in [0.2, 0.25) is 0 Å². The van der Waals surface area contributed by atoms with E-state index in [0.717, 1.165) is 38.7 Å². The van der Waals surface area contributed by atoms with E-state index in [1.54, 1.807) is 0 Å². The number of fused-ring (bicyclic) bond motifs is 6. The third-order valence-corrected chi connectivity index (χ3v) is 9.81. The van der Waals surface area contributed by atoms with Gasteiger partial charge in [-0.1, -0.05) is 66.7 Å². The van der Waals surface area contributed by atoms with Crippen LogP contribution in [-0.4, -0.2) is 4.57 Å². The van der Waals surface area contributed by atoms with Crippen molar-refractivity contribution in [3.05, 3.63) is 126 Å². The van der Waals surface area contributed by atoms with Gasteiger partial charge in [-0.25, -0.2) is 0 Å². The number of anilines is 3. The van der Waals surface area contributed by atoms with E-state index >= 15 is 0 Å². The zero-order chi connectivity index (χ0) is 23.1. The molecule has 0 amide bonds. The van der Waals surface area contributed by atoms with Crippen molar-refractivity contribution in [1.29, 1.82) is 0 Å². The molecule has 0 saturated heterocycles. The Morgan fingerprint density at radius 2 is 1.14 bits per heavy atom. The lowest BCUT2D eigenvalue weighted by molar-refractivity contribution is 0.980. The second kappa shape index (κ2) is 6.87. The van der Waals surface area contributed by atoms with Crippen LogP contribution in [0.2, 0.25) is 0 Å². The number of hydrogen-bond acceptors (Lipinski definition) is 2. The molecule has 35 heavy (non-hydrogen) atoms. The molecule has 0 spiro atoms. The van der Waals surface area contributed by atoms with E-state index in [2.05, 4.69) is 95.9 Å². The molecule has 0 bridgehead atoms. The summed E-state index contributed by atoms with van der Waals surface area (Å²) >= 11 is 0. The van der Waals surface area contributed by atoms with Crippen molar-refractivity contribution < 1.29 is 0 Å². The first-order valence-electron chi connectivity index (χ1n) is 11.8. The van der Waals surface area contributed by atoms with Crippen LogP contribution in [0.1, 0.15) is 0 Å². The van der Waals surface area contributed by atoms with Crippen LogP contribution >= 0.6 is 10.9 Å². The quantitative estimate of drug-likeness (QED) is 0.197. The number of pyridine rings is 1. The number of para-hydroxylation sites is 3. The highest BCUT2D eigenvalue weighted by Crippen LogP contribution is 2.67. The second-order valence-corrected chi connectivity index (χ2v) is 11.1. The Balaban J connectivity index is 1.59. The topological polar surface area (TPSA) is 25.2 Å². The highest BCUT2D eigenvalue weighted by atomic mass is 32.2. The Hall–Kier alpha value is -4.28. The molecule has 1 unspecified atom stereocenters. The van der Waals surface area contributed by atoms with Crippen molar-refractivity contribution in [2.75, 3.05) is 4.90 Å². The van der Waals surface area contributed by atoms with Gasteiger partial charge in [0.1, 0.15) is 0 Å². The lowest BCUT2D eigenvalue weighted by atomic mass is 10.0. The van der Waals surface area contributed by atoms with Crippen molar-refractivity contribution in [1.82, 2.24) is 4.57 Å². The number of hydrogen-bond donors (Lipinski definition) is 1. The molecule has 8 rings (SSSR count). The van der Waals surface area contributed by atoms with Crippen molar-refractivity contribution in [2.45, 2.75) is 14.7 Å². The SMILES string of the molecule is O=c1c2ccccc2c2cccc3c2n1-c1cccc2c1[SH]3c1ccccc1N2c1ccccc1. The Morgan fingerprint density at radius 1 is 0.514 bits per heavy atom. The van der Waals surface area contributed by atoms with Gasteiger partial charge in [-0.15, -0.1) is 0 Å². The van der Waals surface area contributed by atoms with Crippen molar-refractivity contribution in [3.8, 4) is 5.69 Å². The molecular weight excluding hydrogens is 448 g/mol. The fourth-order valence-electron chi connectivity index (χ4n) is 5.83. The number of rotatable bonds is 1. The van der Waals surface area contributed by atoms with E-state index < -0.39 is 10.9 Å². The Morgan fingerprint density at radius 3 is 2.03 bits per heavy atom. The maximum Gasteiger partial charge on any atom is 0.263 e. The molecular formula is C31H20N2OS. The Labute approximate surface area is 204 Å². The zero-order valence-electron chi connectivity index (χ0n) is 18.7. The summed E-state index contributed by atoms with van der Waals surface area (Å²) in [7, 11) is -0.827. The molecule has 3 nitrogen and oxygen atoms in total. The predicted molar refractivity (Wildman–Crippen MR) is 146 cm³/mol. The minimum Gasteiger partial charge on any atom is -0.308 e. The smallest absolute Gasteiger partial charge is 0.263 e. The van der Waals surface area contributed by atoms with E-state index in [1.165, 1.54) is 20.4 Å². The maximum atomic E-state index is 14.0. The summed E-state index contributed by atoms with van der Waals surface area (Å²) in [5.41, 5.74) is 5.59. The summed E-state index contributed by atoms with van der Waals surface area (Å²) in [6.45, 7) is 0. The number of benzene rings is 5. The highest BCUT2D eigenvalue weighted by Gasteiger charge is 2.37. The number of nitrogens with zero attached hydrogens (tertiary/aromatic N) is 2. The molecule has 0 N–H and O–H groups in total. The second-order valence-electron chi connectivity index (χ2n) is 9.00. The average molecular weight is 469 g/mol. The zero-order valence-corrected chi connectivity index (χ0v) is 19.6. The van der Waals surface area contributed by atoms with Crippen LogP contribution in [-0.2, 0) is 0 Å². The summed E-state index contributed by atoms with van der Waals surface area (Å²) in [6.07, 6.45) is 0. The van der Waals surface area contributed by atoms with Crippen LogP contribution < -0.4 is 10.5 Å². The lowest BCUT2D eigenvalue weighted by Gasteiger charge is -2.43. The maximum absolute atomic E-state index is 14.0. The molecule has 1 atom stereocenters. The van der Waals surface area contributed by atoms with E-state index in [0.29, 0.717) is 0 Å². The molecule has 0 fully saturated rings. The van der Waals surface area contributed by atoms with Crippen LogP contribution in [0.25, 0.3) is 27.4 Å². The fourth-order valence-corrected chi connectivity index (χ4v) is 8.68. The van der Waals surface area contributed by atoms with Gasteiger partial charge in [0, 0.05) is 31.1 Å². The molecule has 166 valence electrons. The lowest BCUT2D eigenvalue weighted by Crippen LogP contribution is -2.26. The van der Waals surface area contributed by atoms with Crippen molar-refractivity contribution in [3.63, 3.8) is 0 Å². The standard InChI is InChI=1S/C31H20N2OS/c34-31-23-13-5-4-12-21(23)22-14-8-19-28-29(22)33(31)26-17-9-16-25-30(26)35(28)27-18-7-6-15-24(27)32(25)20-10-2-1-3-11-20/h1-19,35H. The van der Waals surface area contributed by atoms with E-state index in [9.17, 15) is 4.79 Å². The largest absolute Gasteiger partial charge is 0.308 e. The third-order valence-electron chi connectivity index (χ3n) is 7.21. The van der Waals surface area contributed by atoms with Gasteiger partial charge >= 0.3 is 0 Å². The van der Waals surface area contributed by atoms with Crippen LogP contribution in [0.4, 0.5) is 17.1 Å². The van der Waals surface area contributed by atoms with Crippen LogP contribution in [0.15, 0.2) is 135 Å². The normalized spacial score (nSPS) is 16.2. The van der Waals surface area contributed by atoms with Gasteiger partial charge < -0.3 is 4.90 Å². The molecule has 4 heteroatoms. The minimum absolute atomic E-state index is 0.0497. The molecule has 6 aromatic rings. The fraction of sp³-hybridized carbons (Fsp3) is 0. The molecule has 2 aliphatic rings. The highest BCUT2D eigenvalue weighted by molar-refractivity contribution is 8.17. The molecule has 5 aromatic carbocycles. The number of aromatic nitrogens is 1. The van der Waals surface area contributed by atoms with E-state index in [-0.39, 0.29) is 5.56 Å². The minimum atomic E-state index is -0.827. The molecule has 3 heterocycles. The van der Waals surface area contributed by atoms with Gasteiger partial charge in [0.15, 0.2) is 0 Å². The van der Waals surface area contributed by atoms with E-state index in [4.69, 9.17) is 0 Å². The van der Waals surface area contributed by atoms with Gasteiger partial charge in [-0.3, -0.25) is 9.36 Å². The molecule has 0 saturated carbocycles. The predicted octanol–water partition coefficient (Wildman–Crippen LogP) is 7.72. The first kappa shape index (κ1) is 19.1. The molecule has 1 aromatic heterocycles. The number of thiol groups is 1. The molecule has 0 radical (unpaired) electrons. The van der Waals surface area contributed by atoms with Gasteiger partial charge in [0.05, 0.1) is 22.6 Å². The van der Waals surface area contributed by atoms with Gasteiger partial charge in [-0.2, -0.15) is 10.9 Å². The average Bonchev–Trinajstić information content (AvgIpc) is 2.92. The summed E-state index contributed by atoms with van der Waals surface area (Å²) in [5.74, 6) is 0. The molecule has 2 aliphatic heterocycles. The van der Waals surface area contributed by atoms with Crippen LogP contribution in [0.3, 0.4) is 0 Å². The Bertz CT molecular complexity index is 1890. The van der Waals surface area contributed by atoms with Crippen LogP contribution in [0.5, 0.6) is 0 Å².